The zero-order valence-corrected chi connectivity index (χ0v) is 8.95. The minimum atomic E-state index is 0.109. The highest BCUT2D eigenvalue weighted by Gasteiger charge is 2.06. The maximum Gasteiger partial charge on any atom is 0.152 e. The third-order valence-electron chi connectivity index (χ3n) is 2.09. The SMILES string of the molecule is CC(=O)/C=C(\c1ccccc1)C(C)C. The van der Waals surface area contributed by atoms with Gasteiger partial charge in [-0.2, -0.15) is 0 Å². The molecule has 0 atom stereocenters. The molecule has 74 valence electrons. The molecule has 0 amide bonds. The van der Waals surface area contributed by atoms with E-state index in [4.69, 9.17) is 0 Å². The van der Waals surface area contributed by atoms with Gasteiger partial charge in [-0.15, -0.1) is 0 Å². The average Bonchev–Trinajstić information content (AvgIpc) is 2.15. The lowest BCUT2D eigenvalue weighted by Gasteiger charge is -2.10. The van der Waals surface area contributed by atoms with E-state index in [1.807, 2.05) is 30.3 Å². The van der Waals surface area contributed by atoms with Crippen molar-refractivity contribution in [2.75, 3.05) is 0 Å². The number of hydrogen-bond donors (Lipinski definition) is 0. The van der Waals surface area contributed by atoms with Crippen molar-refractivity contribution >= 4 is 11.4 Å². The van der Waals surface area contributed by atoms with E-state index < -0.39 is 0 Å². The summed E-state index contributed by atoms with van der Waals surface area (Å²) in [6, 6.07) is 10.0. The molecular formula is C13H16O. The molecule has 0 spiro atoms. The molecule has 0 saturated heterocycles. The molecule has 0 aliphatic rings. The van der Waals surface area contributed by atoms with E-state index in [0.717, 1.165) is 11.1 Å². The van der Waals surface area contributed by atoms with Crippen LogP contribution in [0.1, 0.15) is 26.3 Å². The minimum Gasteiger partial charge on any atom is -0.295 e. The first-order valence-electron chi connectivity index (χ1n) is 4.89. The van der Waals surface area contributed by atoms with Crippen LogP contribution in [-0.2, 0) is 4.79 Å². The van der Waals surface area contributed by atoms with Gasteiger partial charge in [0.25, 0.3) is 0 Å². The largest absolute Gasteiger partial charge is 0.295 e. The first-order valence-corrected chi connectivity index (χ1v) is 4.89. The Balaban J connectivity index is 3.08. The second-order valence-electron chi connectivity index (χ2n) is 3.73. The van der Waals surface area contributed by atoms with Gasteiger partial charge in [0.2, 0.25) is 0 Å². The van der Waals surface area contributed by atoms with Gasteiger partial charge >= 0.3 is 0 Å². The molecule has 1 aromatic carbocycles. The minimum absolute atomic E-state index is 0.109. The lowest BCUT2D eigenvalue weighted by atomic mass is 9.94. The molecule has 0 heterocycles. The lowest BCUT2D eigenvalue weighted by molar-refractivity contribution is -0.112. The molecule has 0 unspecified atom stereocenters. The Kier molecular flexibility index (Phi) is 3.63. The summed E-state index contributed by atoms with van der Waals surface area (Å²) in [5, 5.41) is 0. The molecule has 1 heteroatoms. The van der Waals surface area contributed by atoms with Gasteiger partial charge in [-0.3, -0.25) is 4.79 Å². The van der Waals surface area contributed by atoms with E-state index in [-0.39, 0.29) is 5.78 Å². The quantitative estimate of drug-likeness (QED) is 0.665. The topological polar surface area (TPSA) is 17.1 Å². The summed E-state index contributed by atoms with van der Waals surface area (Å²) in [6.07, 6.45) is 1.72. The fourth-order valence-electron chi connectivity index (χ4n) is 1.43. The lowest BCUT2D eigenvalue weighted by Crippen LogP contribution is -1.96. The highest BCUT2D eigenvalue weighted by Crippen LogP contribution is 2.22. The van der Waals surface area contributed by atoms with Gasteiger partial charge in [-0.1, -0.05) is 44.2 Å². The number of allylic oxidation sites excluding steroid dienone is 2. The van der Waals surface area contributed by atoms with Crippen LogP contribution in [0.4, 0.5) is 0 Å². The van der Waals surface area contributed by atoms with Crippen molar-refractivity contribution in [3.8, 4) is 0 Å². The Morgan fingerprint density at radius 3 is 2.21 bits per heavy atom. The number of benzene rings is 1. The molecule has 0 bridgehead atoms. The third-order valence-corrected chi connectivity index (χ3v) is 2.09. The van der Waals surface area contributed by atoms with Crippen molar-refractivity contribution < 1.29 is 4.79 Å². The van der Waals surface area contributed by atoms with Crippen molar-refractivity contribution in [1.82, 2.24) is 0 Å². The van der Waals surface area contributed by atoms with Gasteiger partial charge in [0, 0.05) is 0 Å². The van der Waals surface area contributed by atoms with E-state index in [9.17, 15) is 4.79 Å². The van der Waals surface area contributed by atoms with Gasteiger partial charge in [0.1, 0.15) is 0 Å². The number of carbonyl (C=O) groups excluding carboxylic acids is 1. The van der Waals surface area contributed by atoms with E-state index in [1.165, 1.54) is 0 Å². The van der Waals surface area contributed by atoms with Crippen LogP contribution < -0.4 is 0 Å². The monoisotopic (exact) mass is 188 g/mol. The van der Waals surface area contributed by atoms with E-state index in [1.54, 1.807) is 13.0 Å². The number of rotatable bonds is 3. The smallest absolute Gasteiger partial charge is 0.152 e. The second-order valence-corrected chi connectivity index (χ2v) is 3.73. The Hall–Kier alpha value is -1.37. The zero-order valence-electron chi connectivity index (χ0n) is 8.95. The Bertz CT molecular complexity index is 334. The number of hydrogen-bond acceptors (Lipinski definition) is 1. The predicted molar refractivity (Wildman–Crippen MR) is 59.9 cm³/mol. The zero-order chi connectivity index (χ0) is 10.6. The fourth-order valence-corrected chi connectivity index (χ4v) is 1.43. The normalized spacial score (nSPS) is 11.9. The first-order chi connectivity index (χ1) is 6.61. The highest BCUT2D eigenvalue weighted by atomic mass is 16.1. The second kappa shape index (κ2) is 4.75. The van der Waals surface area contributed by atoms with Crippen LogP contribution >= 0.6 is 0 Å². The molecule has 0 aromatic heterocycles. The summed E-state index contributed by atoms with van der Waals surface area (Å²) in [7, 11) is 0. The van der Waals surface area contributed by atoms with Gasteiger partial charge < -0.3 is 0 Å². The van der Waals surface area contributed by atoms with Crippen LogP contribution in [0.15, 0.2) is 36.4 Å². The molecule has 0 aliphatic carbocycles. The molecule has 1 nitrogen and oxygen atoms in total. The predicted octanol–water partition coefficient (Wildman–Crippen LogP) is 3.32. The average molecular weight is 188 g/mol. The molecule has 14 heavy (non-hydrogen) atoms. The van der Waals surface area contributed by atoms with Crippen LogP contribution in [0.3, 0.4) is 0 Å². The maximum atomic E-state index is 11.1. The maximum absolute atomic E-state index is 11.1. The van der Waals surface area contributed by atoms with Crippen LogP contribution in [0, 0.1) is 5.92 Å². The van der Waals surface area contributed by atoms with E-state index >= 15 is 0 Å². The summed E-state index contributed by atoms with van der Waals surface area (Å²) in [6.45, 7) is 5.79. The summed E-state index contributed by atoms with van der Waals surface area (Å²) < 4.78 is 0. The third kappa shape index (κ3) is 2.84. The van der Waals surface area contributed by atoms with Gasteiger partial charge in [0.15, 0.2) is 5.78 Å². The van der Waals surface area contributed by atoms with Crippen molar-refractivity contribution in [2.45, 2.75) is 20.8 Å². The molecule has 1 aromatic rings. The van der Waals surface area contributed by atoms with Crippen LogP contribution in [0.5, 0.6) is 0 Å². The molecule has 0 aliphatic heterocycles. The van der Waals surface area contributed by atoms with Crippen LogP contribution in [-0.4, -0.2) is 5.78 Å². The fraction of sp³-hybridized carbons (Fsp3) is 0.308. The van der Waals surface area contributed by atoms with E-state index in [0.29, 0.717) is 5.92 Å². The molecule has 0 saturated carbocycles. The standard InChI is InChI=1S/C13H16O/c1-10(2)13(9-11(3)14)12-7-5-4-6-8-12/h4-10H,1-3H3/b13-9-. The summed E-state index contributed by atoms with van der Waals surface area (Å²) in [5.41, 5.74) is 2.25. The Morgan fingerprint density at radius 2 is 1.79 bits per heavy atom. The summed E-state index contributed by atoms with van der Waals surface area (Å²) >= 11 is 0. The van der Waals surface area contributed by atoms with Gasteiger partial charge in [-0.05, 0) is 30.1 Å². The van der Waals surface area contributed by atoms with Crippen molar-refractivity contribution in [3.05, 3.63) is 42.0 Å². The van der Waals surface area contributed by atoms with Crippen LogP contribution in [0.25, 0.3) is 5.57 Å². The number of ketones is 1. The molecule has 0 N–H and O–H groups in total. The van der Waals surface area contributed by atoms with E-state index in [2.05, 4.69) is 13.8 Å². The summed E-state index contributed by atoms with van der Waals surface area (Å²) in [5.74, 6) is 0.485. The van der Waals surface area contributed by atoms with Crippen molar-refractivity contribution in [1.29, 1.82) is 0 Å². The van der Waals surface area contributed by atoms with Gasteiger partial charge in [-0.25, -0.2) is 0 Å². The molecule has 0 fully saturated rings. The highest BCUT2D eigenvalue weighted by molar-refractivity contribution is 5.95. The summed E-state index contributed by atoms with van der Waals surface area (Å²) in [4.78, 5) is 11.1. The first kappa shape index (κ1) is 10.7. The van der Waals surface area contributed by atoms with Crippen molar-refractivity contribution in [2.24, 2.45) is 5.92 Å². The Labute approximate surface area is 85.5 Å². The molecule has 1 rings (SSSR count). The molecule has 0 radical (unpaired) electrons. The Morgan fingerprint density at radius 1 is 1.21 bits per heavy atom. The molecular weight excluding hydrogens is 172 g/mol. The van der Waals surface area contributed by atoms with Crippen LogP contribution in [0.2, 0.25) is 0 Å². The van der Waals surface area contributed by atoms with Gasteiger partial charge in [0.05, 0.1) is 0 Å². The van der Waals surface area contributed by atoms with Crippen molar-refractivity contribution in [3.63, 3.8) is 0 Å². The number of carbonyl (C=O) groups is 1.